The monoisotopic (exact) mass is 473 g/mol. The van der Waals surface area contributed by atoms with Gasteiger partial charge in [-0.2, -0.15) is 0 Å². The molecule has 1 heterocycles. The molecule has 0 radical (unpaired) electrons. The minimum Gasteiger partial charge on any atom is -0.310 e. The van der Waals surface area contributed by atoms with Crippen LogP contribution >= 0.6 is 15.9 Å². The lowest BCUT2D eigenvalue weighted by Gasteiger charge is -2.25. The molecule has 0 aliphatic rings. The van der Waals surface area contributed by atoms with Crippen LogP contribution in [0.1, 0.15) is 57.0 Å². The molecule has 160 valence electrons. The molecule has 2 aromatic carbocycles. The van der Waals surface area contributed by atoms with E-state index < -0.39 is 0 Å². The van der Waals surface area contributed by atoms with Gasteiger partial charge in [-0.25, -0.2) is 0 Å². The van der Waals surface area contributed by atoms with Gasteiger partial charge in [-0.3, -0.25) is 0 Å². The predicted octanol–water partition coefficient (Wildman–Crippen LogP) is 9.04. The van der Waals surface area contributed by atoms with Gasteiger partial charge in [0.05, 0.1) is 5.52 Å². The normalized spacial score (nSPS) is 12.3. The average molecular weight is 474 g/mol. The van der Waals surface area contributed by atoms with Crippen molar-refractivity contribution in [2.75, 3.05) is 0 Å². The van der Waals surface area contributed by atoms with Gasteiger partial charge in [0, 0.05) is 26.7 Å². The second-order valence-electron chi connectivity index (χ2n) is 8.54. The molecule has 0 amide bonds. The highest BCUT2D eigenvalue weighted by Crippen LogP contribution is 2.39. The molecular weight excluding hydrogens is 442 g/mol. The zero-order valence-electron chi connectivity index (χ0n) is 19.3. The Morgan fingerprint density at radius 2 is 1.84 bits per heavy atom. The van der Waals surface area contributed by atoms with E-state index >= 15 is 0 Å². The lowest BCUT2D eigenvalue weighted by atomic mass is 9.79. The molecule has 0 bridgehead atoms. The minimum absolute atomic E-state index is 0.154. The first-order valence-corrected chi connectivity index (χ1v) is 11.6. The van der Waals surface area contributed by atoms with E-state index in [1.54, 1.807) is 0 Å². The lowest BCUT2D eigenvalue weighted by Crippen LogP contribution is -2.16. The van der Waals surface area contributed by atoms with E-state index in [-0.39, 0.29) is 5.41 Å². The van der Waals surface area contributed by atoms with E-state index in [0.717, 1.165) is 22.2 Å². The number of rotatable bonds is 7. The molecule has 0 fully saturated rings. The zero-order chi connectivity index (χ0) is 22.8. The van der Waals surface area contributed by atoms with Crippen LogP contribution in [0.3, 0.4) is 0 Å². The Balaban J connectivity index is 2.49. The molecule has 0 saturated heterocycles. The molecule has 3 rings (SSSR count). The first-order valence-electron chi connectivity index (χ1n) is 10.8. The summed E-state index contributed by atoms with van der Waals surface area (Å²) in [4.78, 5) is 0. The maximum Gasteiger partial charge on any atom is 0.0541 e. The van der Waals surface area contributed by atoms with Crippen LogP contribution < -0.4 is 0 Å². The van der Waals surface area contributed by atoms with E-state index in [9.17, 15) is 0 Å². The van der Waals surface area contributed by atoms with Crippen LogP contribution in [0.25, 0.3) is 28.2 Å². The van der Waals surface area contributed by atoms with Crippen molar-refractivity contribution in [1.82, 2.24) is 4.57 Å². The van der Waals surface area contributed by atoms with Gasteiger partial charge in [-0.05, 0) is 79.4 Å². The maximum absolute atomic E-state index is 4.31. The second-order valence-corrected chi connectivity index (χ2v) is 9.46. The van der Waals surface area contributed by atoms with Crippen LogP contribution in [0.2, 0.25) is 0 Å². The van der Waals surface area contributed by atoms with Crippen LogP contribution in [0.15, 0.2) is 78.3 Å². The summed E-state index contributed by atoms with van der Waals surface area (Å²) in [5.41, 5.74) is 8.43. The Morgan fingerprint density at radius 1 is 1.16 bits per heavy atom. The van der Waals surface area contributed by atoms with Gasteiger partial charge in [-0.15, -0.1) is 0 Å². The van der Waals surface area contributed by atoms with E-state index in [4.69, 9.17) is 0 Å². The van der Waals surface area contributed by atoms with E-state index in [2.05, 4.69) is 123 Å². The van der Waals surface area contributed by atoms with Crippen LogP contribution in [0.4, 0.5) is 0 Å². The molecule has 0 atom stereocenters. The Bertz CT molecular complexity index is 1180. The minimum atomic E-state index is -0.154. The molecule has 1 nitrogen and oxygen atoms in total. The Morgan fingerprint density at radius 3 is 2.39 bits per heavy atom. The van der Waals surface area contributed by atoms with Crippen molar-refractivity contribution >= 4 is 38.5 Å². The molecule has 31 heavy (non-hydrogen) atoms. The first kappa shape index (κ1) is 23.1. The van der Waals surface area contributed by atoms with Gasteiger partial charge in [0.15, 0.2) is 0 Å². The van der Waals surface area contributed by atoms with Crippen LogP contribution in [-0.4, -0.2) is 4.57 Å². The predicted molar refractivity (Wildman–Crippen MR) is 142 cm³/mol. The first-order chi connectivity index (χ1) is 14.7. The Kier molecular flexibility index (Phi) is 6.91. The number of hydrogen-bond acceptors (Lipinski definition) is 0. The van der Waals surface area contributed by atoms with Crippen molar-refractivity contribution in [3.8, 4) is 5.69 Å². The van der Waals surface area contributed by atoms with Gasteiger partial charge in [0.2, 0.25) is 0 Å². The fraction of sp³-hybridized carbons (Fsp3) is 0.241. The third-order valence-electron chi connectivity index (χ3n) is 5.82. The molecule has 2 heteroatoms. The third kappa shape index (κ3) is 4.41. The summed E-state index contributed by atoms with van der Waals surface area (Å²) < 4.78 is 3.47. The SMILES string of the molecule is C=C/C=C/C(C)(C)c1cc2c(cc1C(=C)C)c(CC)c(/C=C\C)n2-c1ccc(Br)cc1. The van der Waals surface area contributed by atoms with Crippen molar-refractivity contribution in [2.24, 2.45) is 0 Å². The van der Waals surface area contributed by atoms with E-state index in [1.807, 2.05) is 12.2 Å². The van der Waals surface area contributed by atoms with Crippen molar-refractivity contribution in [2.45, 2.75) is 46.5 Å². The summed E-state index contributed by atoms with van der Waals surface area (Å²) in [6.45, 7) is 19.1. The van der Waals surface area contributed by atoms with Gasteiger partial charge in [-0.1, -0.05) is 79.7 Å². The van der Waals surface area contributed by atoms with Gasteiger partial charge >= 0.3 is 0 Å². The van der Waals surface area contributed by atoms with Crippen molar-refractivity contribution < 1.29 is 0 Å². The van der Waals surface area contributed by atoms with Gasteiger partial charge in [0.1, 0.15) is 0 Å². The molecule has 0 aliphatic heterocycles. The fourth-order valence-electron chi connectivity index (χ4n) is 4.28. The average Bonchev–Trinajstić information content (AvgIpc) is 3.04. The lowest BCUT2D eigenvalue weighted by molar-refractivity contribution is 0.668. The van der Waals surface area contributed by atoms with Crippen LogP contribution in [-0.2, 0) is 11.8 Å². The summed E-state index contributed by atoms with van der Waals surface area (Å²) in [5.74, 6) is 0. The quantitative estimate of drug-likeness (QED) is 0.301. The summed E-state index contributed by atoms with van der Waals surface area (Å²) in [7, 11) is 0. The van der Waals surface area contributed by atoms with Crippen molar-refractivity contribution in [3.63, 3.8) is 0 Å². The molecule has 1 aromatic heterocycles. The van der Waals surface area contributed by atoms with E-state index in [0.29, 0.717) is 0 Å². The van der Waals surface area contributed by atoms with Gasteiger partial charge in [0.25, 0.3) is 0 Å². The number of halogens is 1. The standard InChI is InChI=1S/C29H32BrN/c1-8-11-17-29(6,7)26-19-28-25(18-24(26)20(4)5)23(10-3)27(12-9-2)31(28)22-15-13-21(30)14-16-22/h8-9,11-19H,1,4,10H2,2-3,5-7H3/b12-9-,17-11+. The van der Waals surface area contributed by atoms with Gasteiger partial charge < -0.3 is 4.57 Å². The molecule has 0 unspecified atom stereocenters. The second kappa shape index (κ2) is 9.28. The topological polar surface area (TPSA) is 4.93 Å². The molecule has 0 saturated carbocycles. The summed E-state index contributed by atoms with van der Waals surface area (Å²) in [6, 6.07) is 13.3. The summed E-state index contributed by atoms with van der Waals surface area (Å²) in [6.07, 6.45) is 11.4. The third-order valence-corrected chi connectivity index (χ3v) is 6.35. The highest BCUT2D eigenvalue weighted by atomic mass is 79.9. The highest BCUT2D eigenvalue weighted by molar-refractivity contribution is 9.10. The number of benzene rings is 2. The van der Waals surface area contributed by atoms with Crippen molar-refractivity contribution in [3.05, 3.63) is 101 Å². The van der Waals surface area contributed by atoms with E-state index in [1.165, 1.54) is 33.3 Å². The van der Waals surface area contributed by atoms with Crippen molar-refractivity contribution in [1.29, 1.82) is 0 Å². The molecule has 0 aliphatic carbocycles. The summed E-state index contributed by atoms with van der Waals surface area (Å²) >= 11 is 3.57. The Hall–Kier alpha value is -2.58. The number of allylic oxidation sites excluding steroid dienone is 5. The summed E-state index contributed by atoms with van der Waals surface area (Å²) in [5, 5.41) is 1.30. The number of fused-ring (bicyclic) bond motifs is 1. The highest BCUT2D eigenvalue weighted by Gasteiger charge is 2.25. The molecule has 3 aromatic rings. The fourth-order valence-corrected chi connectivity index (χ4v) is 4.54. The molecule has 0 N–H and O–H groups in total. The molecular formula is C29H32BrN. The zero-order valence-corrected chi connectivity index (χ0v) is 20.9. The smallest absolute Gasteiger partial charge is 0.0541 e. The largest absolute Gasteiger partial charge is 0.310 e. The number of aryl methyl sites for hydroxylation is 1. The van der Waals surface area contributed by atoms with Crippen LogP contribution in [0, 0.1) is 0 Å². The maximum atomic E-state index is 4.31. The number of nitrogens with zero attached hydrogens (tertiary/aromatic N) is 1. The Labute approximate surface area is 195 Å². The number of aromatic nitrogens is 1. The molecule has 0 spiro atoms. The number of hydrogen-bond donors (Lipinski definition) is 0. The van der Waals surface area contributed by atoms with Crippen LogP contribution in [0.5, 0.6) is 0 Å².